The number of benzene rings is 1. The summed E-state index contributed by atoms with van der Waals surface area (Å²) < 4.78 is 0. The first-order valence-electron chi connectivity index (χ1n) is 6.37. The van der Waals surface area contributed by atoms with Crippen LogP contribution in [0, 0.1) is 11.3 Å². The normalized spacial score (nSPS) is 24.8. The van der Waals surface area contributed by atoms with Gasteiger partial charge in [-0.15, -0.1) is 0 Å². The molecule has 1 aliphatic rings. The first-order chi connectivity index (χ1) is 7.99. The Morgan fingerprint density at radius 3 is 2.82 bits per heavy atom. The Bertz CT molecular complexity index is 386. The van der Waals surface area contributed by atoms with Crippen LogP contribution < -0.4 is 0 Å². The summed E-state index contributed by atoms with van der Waals surface area (Å²) in [6, 6.07) is 8.23. The van der Waals surface area contributed by atoms with E-state index in [1.165, 1.54) is 24.8 Å². The molecule has 0 saturated heterocycles. The molecule has 0 amide bonds. The Hall–Kier alpha value is -0.0100. The van der Waals surface area contributed by atoms with Crippen LogP contribution in [0.15, 0.2) is 24.3 Å². The minimum absolute atomic E-state index is 0.479. The van der Waals surface area contributed by atoms with Crippen molar-refractivity contribution >= 4 is 27.5 Å². The highest BCUT2D eigenvalue weighted by Crippen LogP contribution is 2.47. The molecule has 0 heterocycles. The molecule has 0 N–H and O–H groups in total. The molecule has 0 aliphatic heterocycles. The highest BCUT2D eigenvalue weighted by Gasteiger charge is 2.38. The fourth-order valence-electron chi connectivity index (χ4n) is 3.06. The van der Waals surface area contributed by atoms with E-state index >= 15 is 0 Å². The van der Waals surface area contributed by atoms with Crippen molar-refractivity contribution in [1.82, 2.24) is 0 Å². The van der Waals surface area contributed by atoms with E-state index in [0.717, 1.165) is 17.4 Å². The summed E-state index contributed by atoms with van der Waals surface area (Å²) in [5, 5.41) is 0.841. The van der Waals surface area contributed by atoms with Crippen LogP contribution in [0.1, 0.15) is 38.7 Å². The molecule has 0 radical (unpaired) electrons. The molecule has 0 aromatic heterocycles. The van der Waals surface area contributed by atoms with Gasteiger partial charge in [-0.25, -0.2) is 0 Å². The first kappa shape index (κ1) is 13.4. The van der Waals surface area contributed by atoms with Crippen LogP contribution in [0.3, 0.4) is 0 Å². The molecule has 2 unspecified atom stereocenters. The minimum Gasteiger partial charge on any atom is -0.0884 e. The fourth-order valence-corrected chi connectivity index (χ4v) is 4.62. The van der Waals surface area contributed by atoms with Gasteiger partial charge < -0.3 is 0 Å². The van der Waals surface area contributed by atoms with Gasteiger partial charge in [0.15, 0.2) is 0 Å². The average Bonchev–Trinajstić information content (AvgIpc) is 2.58. The summed E-state index contributed by atoms with van der Waals surface area (Å²) >= 11 is 9.93. The maximum absolute atomic E-state index is 6.03. The topological polar surface area (TPSA) is 0 Å². The Kier molecular flexibility index (Phi) is 4.20. The predicted molar refractivity (Wildman–Crippen MR) is 79.0 cm³/mol. The Morgan fingerprint density at radius 2 is 2.24 bits per heavy atom. The van der Waals surface area contributed by atoms with Crippen molar-refractivity contribution in [1.29, 1.82) is 0 Å². The van der Waals surface area contributed by atoms with E-state index in [9.17, 15) is 0 Å². The summed E-state index contributed by atoms with van der Waals surface area (Å²) in [6.07, 6.45) is 5.16. The molecule has 17 heavy (non-hydrogen) atoms. The molecular weight excluding hydrogens is 296 g/mol. The molecule has 1 aromatic rings. The number of hydrogen-bond donors (Lipinski definition) is 0. The molecule has 0 nitrogen and oxygen atoms in total. The smallest absolute Gasteiger partial charge is 0.0408 e. The van der Waals surface area contributed by atoms with E-state index in [0.29, 0.717) is 10.2 Å². The first-order valence-corrected chi connectivity index (χ1v) is 7.67. The van der Waals surface area contributed by atoms with Gasteiger partial charge in [0.2, 0.25) is 0 Å². The maximum Gasteiger partial charge on any atom is 0.0408 e. The van der Waals surface area contributed by atoms with Crippen molar-refractivity contribution in [2.75, 3.05) is 0 Å². The summed E-state index contributed by atoms with van der Waals surface area (Å²) in [7, 11) is 0. The van der Waals surface area contributed by atoms with Crippen LogP contribution in [0.5, 0.6) is 0 Å². The van der Waals surface area contributed by atoms with Crippen molar-refractivity contribution in [3.8, 4) is 0 Å². The molecule has 2 atom stereocenters. The molecule has 1 fully saturated rings. The molecule has 2 heteroatoms. The third kappa shape index (κ3) is 3.26. The second-order valence-corrected chi connectivity index (χ2v) is 7.45. The summed E-state index contributed by atoms with van der Waals surface area (Å²) in [5.74, 6) is 0.779. The average molecular weight is 316 g/mol. The Morgan fingerprint density at radius 1 is 1.47 bits per heavy atom. The standard InChI is InChI=1S/C15H20BrCl/c1-15(2)8-4-7-13(15)14(16)10-11-5-3-6-12(17)9-11/h3,5-6,9,13-14H,4,7-8,10H2,1-2H3. The molecule has 94 valence electrons. The van der Waals surface area contributed by atoms with Crippen molar-refractivity contribution in [2.24, 2.45) is 11.3 Å². The van der Waals surface area contributed by atoms with Gasteiger partial charge in [0.1, 0.15) is 0 Å². The van der Waals surface area contributed by atoms with Gasteiger partial charge in [-0.2, -0.15) is 0 Å². The van der Waals surface area contributed by atoms with Gasteiger partial charge >= 0.3 is 0 Å². The zero-order chi connectivity index (χ0) is 12.5. The predicted octanol–water partition coefficient (Wildman–Crippen LogP) is 5.47. The second-order valence-electron chi connectivity index (χ2n) is 5.84. The number of halogens is 2. The minimum atomic E-state index is 0.479. The lowest BCUT2D eigenvalue weighted by atomic mass is 9.79. The van der Waals surface area contributed by atoms with Crippen molar-refractivity contribution in [3.63, 3.8) is 0 Å². The van der Waals surface area contributed by atoms with Gasteiger partial charge in [0.05, 0.1) is 0 Å². The van der Waals surface area contributed by atoms with Gasteiger partial charge in [-0.1, -0.05) is 59.9 Å². The summed E-state index contributed by atoms with van der Waals surface area (Å²) in [4.78, 5) is 0.568. The van der Waals surface area contributed by atoms with Gasteiger partial charge in [-0.05, 0) is 48.3 Å². The second kappa shape index (κ2) is 5.32. The van der Waals surface area contributed by atoms with E-state index < -0.39 is 0 Å². The third-order valence-corrected chi connectivity index (χ3v) is 5.29. The molecule has 1 saturated carbocycles. The Labute approximate surface area is 118 Å². The molecular formula is C15H20BrCl. The van der Waals surface area contributed by atoms with Crippen LogP contribution in [0.2, 0.25) is 5.02 Å². The van der Waals surface area contributed by atoms with Gasteiger partial charge in [-0.3, -0.25) is 0 Å². The molecule has 0 bridgehead atoms. The van der Waals surface area contributed by atoms with Crippen LogP contribution in [0.25, 0.3) is 0 Å². The quantitative estimate of drug-likeness (QED) is 0.649. The van der Waals surface area contributed by atoms with E-state index in [1.54, 1.807) is 0 Å². The Balaban J connectivity index is 2.04. The SMILES string of the molecule is CC1(C)CCCC1C(Br)Cc1cccc(Cl)c1. The largest absolute Gasteiger partial charge is 0.0884 e. The van der Waals surface area contributed by atoms with Crippen LogP contribution >= 0.6 is 27.5 Å². The van der Waals surface area contributed by atoms with E-state index in [4.69, 9.17) is 11.6 Å². The van der Waals surface area contributed by atoms with Crippen molar-refractivity contribution in [2.45, 2.75) is 44.4 Å². The maximum atomic E-state index is 6.03. The lowest BCUT2D eigenvalue weighted by Crippen LogP contribution is -2.27. The van der Waals surface area contributed by atoms with Gasteiger partial charge in [0, 0.05) is 9.85 Å². The zero-order valence-corrected chi connectivity index (χ0v) is 12.9. The molecule has 2 rings (SSSR count). The van der Waals surface area contributed by atoms with Crippen molar-refractivity contribution < 1.29 is 0 Å². The number of hydrogen-bond acceptors (Lipinski definition) is 0. The highest BCUT2D eigenvalue weighted by atomic mass is 79.9. The lowest BCUT2D eigenvalue weighted by molar-refractivity contribution is 0.255. The van der Waals surface area contributed by atoms with Gasteiger partial charge in [0.25, 0.3) is 0 Å². The molecule has 1 aromatic carbocycles. The lowest BCUT2D eigenvalue weighted by Gasteiger charge is -2.31. The van der Waals surface area contributed by atoms with Crippen LogP contribution in [-0.4, -0.2) is 4.83 Å². The number of alkyl halides is 1. The summed E-state index contributed by atoms with van der Waals surface area (Å²) in [5.41, 5.74) is 1.81. The van der Waals surface area contributed by atoms with E-state index in [2.05, 4.69) is 41.9 Å². The van der Waals surface area contributed by atoms with Crippen LogP contribution in [-0.2, 0) is 6.42 Å². The molecule has 1 aliphatic carbocycles. The fraction of sp³-hybridized carbons (Fsp3) is 0.600. The van der Waals surface area contributed by atoms with E-state index in [-0.39, 0.29) is 0 Å². The highest BCUT2D eigenvalue weighted by molar-refractivity contribution is 9.09. The monoisotopic (exact) mass is 314 g/mol. The zero-order valence-electron chi connectivity index (χ0n) is 10.5. The van der Waals surface area contributed by atoms with Crippen molar-refractivity contribution in [3.05, 3.63) is 34.9 Å². The van der Waals surface area contributed by atoms with Crippen LogP contribution in [0.4, 0.5) is 0 Å². The molecule has 0 spiro atoms. The summed E-state index contributed by atoms with van der Waals surface area (Å²) in [6.45, 7) is 4.80. The third-order valence-electron chi connectivity index (χ3n) is 4.10. The number of rotatable bonds is 3. The van der Waals surface area contributed by atoms with E-state index in [1.807, 2.05) is 12.1 Å².